The Morgan fingerprint density at radius 2 is 1.81 bits per heavy atom. The number of carbonyl (C=O) groups is 1. The smallest absolute Gasteiger partial charge is 0.257 e. The van der Waals surface area contributed by atoms with Crippen LogP contribution < -0.4 is 4.74 Å². The molecule has 6 heteroatoms. The van der Waals surface area contributed by atoms with Crippen LogP contribution in [0, 0.1) is 0 Å². The van der Waals surface area contributed by atoms with Crippen molar-refractivity contribution in [3.63, 3.8) is 0 Å². The number of hydrogen-bond acceptors (Lipinski definition) is 4. The Kier molecular flexibility index (Phi) is 8.06. The maximum absolute atomic E-state index is 13.5. The molecule has 2 atom stereocenters. The van der Waals surface area contributed by atoms with Gasteiger partial charge in [0.2, 0.25) is 0 Å². The summed E-state index contributed by atoms with van der Waals surface area (Å²) in [7, 11) is 1.77. The molecule has 0 N–H and O–H groups in total. The second-order valence-electron chi connectivity index (χ2n) is 8.73. The quantitative estimate of drug-likeness (QED) is 0.650. The lowest BCUT2D eigenvalue weighted by Gasteiger charge is -2.41. The monoisotopic (exact) mass is 456 g/mol. The molecule has 0 aliphatic carbocycles. The van der Waals surface area contributed by atoms with Crippen LogP contribution >= 0.6 is 11.6 Å². The van der Waals surface area contributed by atoms with E-state index in [9.17, 15) is 4.79 Å². The first-order valence-corrected chi connectivity index (χ1v) is 12.1. The Morgan fingerprint density at radius 1 is 1.00 bits per heavy atom. The molecule has 1 saturated heterocycles. The van der Waals surface area contributed by atoms with Crippen LogP contribution in [0.25, 0.3) is 0 Å². The minimum absolute atomic E-state index is 0.0598. The van der Waals surface area contributed by atoms with Crippen molar-refractivity contribution >= 4 is 17.5 Å². The number of amides is 1. The van der Waals surface area contributed by atoms with E-state index in [1.54, 1.807) is 7.11 Å². The topological polar surface area (TPSA) is 42.0 Å². The Bertz CT molecular complexity index is 889. The number of halogens is 1. The summed E-state index contributed by atoms with van der Waals surface area (Å²) in [5.74, 6) is 0.728. The van der Waals surface area contributed by atoms with Gasteiger partial charge < -0.3 is 14.4 Å². The minimum atomic E-state index is 0.0598. The Morgan fingerprint density at radius 3 is 2.62 bits per heavy atom. The Labute approximate surface area is 196 Å². The number of fused-ring (bicyclic) bond motifs is 2. The van der Waals surface area contributed by atoms with Crippen LogP contribution in [-0.4, -0.2) is 61.2 Å². The first-order chi connectivity index (χ1) is 15.7. The number of ether oxygens (including phenoxy) is 2. The van der Waals surface area contributed by atoms with E-state index in [0.29, 0.717) is 17.9 Å². The summed E-state index contributed by atoms with van der Waals surface area (Å²) in [5.41, 5.74) is 1.89. The third-order valence-electron chi connectivity index (χ3n) is 6.61. The number of para-hydroxylation sites is 1. The standard InChI is InChI=1S/C26H33ClN2O3/c1-31-25-10-6-16-29-23(25)8-4-5-15-28(19-20-11-13-21(27)14-12-20)17-18-32-24-9-3-2-7-22(24)26(29)30/h2-3,7,9,11-14,23,25H,4-6,8,10,15-19H2,1H3/t23-,25-/m1/s1. The molecule has 2 aromatic carbocycles. The van der Waals surface area contributed by atoms with Crippen LogP contribution in [0.2, 0.25) is 5.02 Å². The van der Waals surface area contributed by atoms with E-state index in [1.807, 2.05) is 41.3 Å². The van der Waals surface area contributed by atoms with Gasteiger partial charge in [0.05, 0.1) is 17.7 Å². The summed E-state index contributed by atoms with van der Waals surface area (Å²) in [4.78, 5) is 18.0. The molecule has 0 radical (unpaired) electrons. The van der Waals surface area contributed by atoms with Gasteiger partial charge in [-0.3, -0.25) is 9.69 Å². The molecule has 0 spiro atoms. The highest BCUT2D eigenvalue weighted by Gasteiger charge is 2.35. The number of benzene rings is 2. The molecule has 1 fully saturated rings. The molecule has 172 valence electrons. The zero-order chi connectivity index (χ0) is 22.3. The lowest BCUT2D eigenvalue weighted by molar-refractivity contribution is -0.0155. The number of carbonyl (C=O) groups excluding carboxylic acids is 1. The number of piperidine rings is 1. The fraction of sp³-hybridized carbons (Fsp3) is 0.500. The van der Waals surface area contributed by atoms with Crippen molar-refractivity contribution in [1.82, 2.24) is 9.80 Å². The van der Waals surface area contributed by atoms with E-state index in [-0.39, 0.29) is 18.1 Å². The van der Waals surface area contributed by atoms with Crippen LogP contribution in [0.4, 0.5) is 0 Å². The van der Waals surface area contributed by atoms with Crippen molar-refractivity contribution in [3.8, 4) is 5.75 Å². The van der Waals surface area contributed by atoms with E-state index in [2.05, 4.69) is 17.0 Å². The molecular formula is C26H33ClN2O3. The number of methoxy groups -OCH3 is 1. The van der Waals surface area contributed by atoms with Gasteiger partial charge in [-0.2, -0.15) is 0 Å². The fourth-order valence-electron chi connectivity index (χ4n) is 4.91. The molecule has 2 aliphatic heterocycles. The van der Waals surface area contributed by atoms with Gasteiger partial charge in [-0.05, 0) is 62.1 Å². The molecular weight excluding hydrogens is 424 g/mol. The highest BCUT2D eigenvalue weighted by Crippen LogP contribution is 2.29. The lowest BCUT2D eigenvalue weighted by atomic mass is 9.93. The zero-order valence-corrected chi connectivity index (χ0v) is 19.6. The van der Waals surface area contributed by atoms with Crippen molar-refractivity contribution in [2.45, 2.75) is 50.8 Å². The highest BCUT2D eigenvalue weighted by atomic mass is 35.5. The van der Waals surface area contributed by atoms with Crippen molar-refractivity contribution in [2.75, 3.05) is 33.4 Å². The molecule has 0 bridgehead atoms. The van der Waals surface area contributed by atoms with E-state index in [4.69, 9.17) is 21.1 Å². The third kappa shape index (κ3) is 5.64. The average molecular weight is 457 g/mol. The molecule has 0 aromatic heterocycles. The maximum atomic E-state index is 13.5. The molecule has 0 saturated carbocycles. The second-order valence-corrected chi connectivity index (χ2v) is 9.16. The molecule has 32 heavy (non-hydrogen) atoms. The molecule has 4 rings (SSSR count). The third-order valence-corrected chi connectivity index (χ3v) is 6.86. The molecule has 2 aromatic rings. The van der Waals surface area contributed by atoms with Gasteiger partial charge >= 0.3 is 0 Å². The summed E-state index contributed by atoms with van der Waals surface area (Å²) in [6.45, 7) is 3.98. The summed E-state index contributed by atoms with van der Waals surface area (Å²) in [6.07, 6.45) is 5.17. The minimum Gasteiger partial charge on any atom is -0.491 e. The van der Waals surface area contributed by atoms with Gasteiger partial charge in [0.1, 0.15) is 12.4 Å². The van der Waals surface area contributed by atoms with E-state index in [1.165, 1.54) is 5.56 Å². The van der Waals surface area contributed by atoms with Crippen molar-refractivity contribution < 1.29 is 14.3 Å². The van der Waals surface area contributed by atoms with Crippen LogP contribution in [0.15, 0.2) is 48.5 Å². The fourth-order valence-corrected chi connectivity index (χ4v) is 5.03. The van der Waals surface area contributed by atoms with Gasteiger partial charge in [-0.1, -0.05) is 42.3 Å². The first-order valence-electron chi connectivity index (χ1n) is 11.7. The summed E-state index contributed by atoms with van der Waals surface area (Å²) < 4.78 is 12.0. The van der Waals surface area contributed by atoms with Crippen LogP contribution in [0.1, 0.15) is 48.0 Å². The van der Waals surface area contributed by atoms with Gasteiger partial charge in [0.15, 0.2) is 0 Å². The van der Waals surface area contributed by atoms with Gasteiger partial charge in [-0.15, -0.1) is 0 Å². The Hall–Kier alpha value is -2.08. The van der Waals surface area contributed by atoms with E-state index < -0.39 is 0 Å². The SMILES string of the molecule is CO[C@@H]1CCCN2C(=O)c3ccccc3OCCN(Cc3ccc(Cl)cc3)CCCC[C@H]12. The highest BCUT2D eigenvalue weighted by molar-refractivity contribution is 6.30. The van der Waals surface area contributed by atoms with Crippen molar-refractivity contribution in [2.24, 2.45) is 0 Å². The second kappa shape index (κ2) is 11.2. The van der Waals surface area contributed by atoms with Crippen LogP contribution in [-0.2, 0) is 11.3 Å². The summed E-state index contributed by atoms with van der Waals surface area (Å²) >= 11 is 6.05. The maximum Gasteiger partial charge on any atom is 0.257 e. The van der Waals surface area contributed by atoms with E-state index >= 15 is 0 Å². The average Bonchev–Trinajstić information content (AvgIpc) is 2.83. The van der Waals surface area contributed by atoms with Crippen LogP contribution in [0.5, 0.6) is 5.75 Å². The summed E-state index contributed by atoms with van der Waals surface area (Å²) in [6, 6.07) is 15.8. The number of hydrogen-bond donors (Lipinski definition) is 0. The van der Waals surface area contributed by atoms with Crippen LogP contribution in [0.3, 0.4) is 0 Å². The number of rotatable bonds is 3. The zero-order valence-electron chi connectivity index (χ0n) is 18.8. The number of nitrogens with zero attached hydrogens (tertiary/aromatic N) is 2. The predicted octanol–water partition coefficient (Wildman–Crippen LogP) is 5.02. The van der Waals surface area contributed by atoms with Crippen molar-refractivity contribution in [1.29, 1.82) is 0 Å². The van der Waals surface area contributed by atoms with Crippen molar-refractivity contribution in [3.05, 3.63) is 64.7 Å². The first kappa shape index (κ1) is 23.1. The molecule has 2 aliphatic rings. The lowest BCUT2D eigenvalue weighted by Crippen LogP contribution is -2.51. The van der Waals surface area contributed by atoms with Gasteiger partial charge in [0, 0.05) is 31.8 Å². The van der Waals surface area contributed by atoms with Gasteiger partial charge in [-0.25, -0.2) is 0 Å². The predicted molar refractivity (Wildman–Crippen MR) is 127 cm³/mol. The van der Waals surface area contributed by atoms with Gasteiger partial charge in [0.25, 0.3) is 5.91 Å². The summed E-state index contributed by atoms with van der Waals surface area (Å²) in [5, 5.41) is 0.757. The Balaban J connectivity index is 1.55. The normalized spacial score (nSPS) is 23.2. The molecule has 1 amide bonds. The largest absolute Gasteiger partial charge is 0.491 e. The molecule has 5 nitrogen and oxygen atoms in total. The molecule has 0 unspecified atom stereocenters. The molecule has 2 heterocycles. The van der Waals surface area contributed by atoms with E-state index in [0.717, 1.165) is 63.3 Å².